The van der Waals surface area contributed by atoms with E-state index in [1.807, 2.05) is 6.07 Å². The number of hydrogen-bond donors (Lipinski definition) is 1. The fraction of sp³-hybridized carbons (Fsp3) is 0.267. The van der Waals surface area contributed by atoms with Gasteiger partial charge in [-0.2, -0.15) is 5.26 Å². The van der Waals surface area contributed by atoms with Gasteiger partial charge in [-0.05, 0) is 38.1 Å². The monoisotopic (exact) mass is 285 g/mol. The van der Waals surface area contributed by atoms with Gasteiger partial charge in [0, 0.05) is 11.1 Å². The van der Waals surface area contributed by atoms with Crippen molar-refractivity contribution in [1.29, 1.82) is 5.26 Å². The molecular formula is C15H15N3O3. The van der Waals surface area contributed by atoms with Gasteiger partial charge in [0.05, 0.1) is 18.2 Å². The summed E-state index contributed by atoms with van der Waals surface area (Å²) in [5, 5.41) is 11.2. The molecule has 2 aromatic rings. The van der Waals surface area contributed by atoms with E-state index in [1.54, 1.807) is 38.1 Å². The minimum atomic E-state index is -0.273. The third kappa shape index (κ3) is 3.20. The van der Waals surface area contributed by atoms with E-state index in [0.717, 1.165) is 0 Å². The number of hydrogen-bond acceptors (Lipinski definition) is 4. The van der Waals surface area contributed by atoms with Crippen LogP contribution in [-0.4, -0.2) is 16.4 Å². The normalized spacial score (nSPS) is 10.1. The highest BCUT2D eigenvalue weighted by atomic mass is 16.5. The standard InChI is InChI=1S/C15H15N3O3/c1-10-11(2)15(20)18(17-14(10)19)7-8-21-13-5-3-12(9-16)4-6-13/h3-6H,7-8H2,1-2H3,(H,17,19). The van der Waals surface area contributed by atoms with E-state index < -0.39 is 0 Å². The molecule has 1 aromatic heterocycles. The summed E-state index contributed by atoms with van der Waals surface area (Å²) in [6.07, 6.45) is 0. The van der Waals surface area contributed by atoms with Gasteiger partial charge >= 0.3 is 0 Å². The first-order valence-electron chi connectivity index (χ1n) is 6.46. The van der Waals surface area contributed by atoms with Crippen LogP contribution in [0.5, 0.6) is 5.75 Å². The lowest BCUT2D eigenvalue weighted by atomic mass is 10.2. The molecule has 0 unspecified atom stereocenters. The second kappa shape index (κ2) is 6.09. The Hall–Kier alpha value is -2.81. The maximum atomic E-state index is 12.0. The van der Waals surface area contributed by atoms with Crippen LogP contribution in [0.15, 0.2) is 33.9 Å². The molecule has 108 valence electrons. The average Bonchev–Trinajstić information content (AvgIpc) is 2.51. The first-order valence-corrected chi connectivity index (χ1v) is 6.46. The molecule has 0 bridgehead atoms. The first kappa shape index (κ1) is 14.6. The highest BCUT2D eigenvalue weighted by Gasteiger charge is 2.07. The topological polar surface area (TPSA) is 87.9 Å². The van der Waals surface area contributed by atoms with Crippen LogP contribution in [0.25, 0.3) is 0 Å². The van der Waals surface area contributed by atoms with E-state index in [-0.39, 0.29) is 24.3 Å². The second-order valence-corrected chi connectivity index (χ2v) is 4.63. The van der Waals surface area contributed by atoms with Crippen molar-refractivity contribution in [1.82, 2.24) is 9.78 Å². The number of rotatable bonds is 4. The average molecular weight is 285 g/mol. The zero-order valence-electron chi connectivity index (χ0n) is 11.8. The molecule has 21 heavy (non-hydrogen) atoms. The van der Waals surface area contributed by atoms with Crippen molar-refractivity contribution in [3.05, 3.63) is 61.7 Å². The van der Waals surface area contributed by atoms with Gasteiger partial charge in [-0.3, -0.25) is 14.7 Å². The smallest absolute Gasteiger partial charge is 0.268 e. The van der Waals surface area contributed by atoms with Crippen LogP contribution in [0, 0.1) is 25.2 Å². The second-order valence-electron chi connectivity index (χ2n) is 4.63. The summed E-state index contributed by atoms with van der Waals surface area (Å²) >= 11 is 0. The number of ether oxygens (including phenoxy) is 1. The van der Waals surface area contributed by atoms with Crippen LogP contribution >= 0.6 is 0 Å². The lowest BCUT2D eigenvalue weighted by Crippen LogP contribution is -2.34. The molecule has 0 radical (unpaired) electrons. The molecule has 0 aliphatic carbocycles. The van der Waals surface area contributed by atoms with E-state index in [0.29, 0.717) is 22.4 Å². The summed E-state index contributed by atoms with van der Waals surface area (Å²) < 4.78 is 6.73. The number of nitrogens with zero attached hydrogens (tertiary/aromatic N) is 2. The minimum Gasteiger partial charge on any atom is -0.492 e. The number of H-pyrrole nitrogens is 1. The predicted octanol–water partition coefficient (Wildman–Crippen LogP) is 1.10. The molecule has 0 spiro atoms. The summed E-state index contributed by atoms with van der Waals surface area (Å²) in [4.78, 5) is 23.6. The summed E-state index contributed by atoms with van der Waals surface area (Å²) in [6.45, 7) is 3.73. The van der Waals surface area contributed by atoms with Crippen molar-refractivity contribution in [3.8, 4) is 11.8 Å². The molecule has 0 saturated carbocycles. The van der Waals surface area contributed by atoms with Crippen LogP contribution in [0.2, 0.25) is 0 Å². The maximum Gasteiger partial charge on any atom is 0.268 e. The Balaban J connectivity index is 2.05. The van der Waals surface area contributed by atoms with Crippen molar-refractivity contribution in [2.24, 2.45) is 0 Å². The van der Waals surface area contributed by atoms with Crippen LogP contribution in [-0.2, 0) is 6.54 Å². The number of nitrogens with one attached hydrogen (secondary N) is 1. The van der Waals surface area contributed by atoms with Crippen LogP contribution in [0.4, 0.5) is 0 Å². The highest BCUT2D eigenvalue weighted by molar-refractivity contribution is 5.34. The Morgan fingerprint density at radius 3 is 2.48 bits per heavy atom. The Bertz CT molecular complexity index is 795. The van der Waals surface area contributed by atoms with Gasteiger partial charge in [0.1, 0.15) is 12.4 Å². The number of aromatic nitrogens is 2. The lowest BCUT2D eigenvalue weighted by molar-refractivity contribution is 0.286. The summed E-state index contributed by atoms with van der Waals surface area (Å²) in [6, 6.07) is 8.69. The predicted molar refractivity (Wildman–Crippen MR) is 77.4 cm³/mol. The third-order valence-corrected chi connectivity index (χ3v) is 3.27. The zero-order chi connectivity index (χ0) is 15.4. The lowest BCUT2D eigenvalue weighted by Gasteiger charge is -2.09. The molecular weight excluding hydrogens is 270 g/mol. The van der Waals surface area contributed by atoms with E-state index in [1.165, 1.54) is 4.68 Å². The van der Waals surface area contributed by atoms with E-state index in [9.17, 15) is 9.59 Å². The van der Waals surface area contributed by atoms with Gasteiger partial charge in [-0.1, -0.05) is 0 Å². The van der Waals surface area contributed by atoms with E-state index in [4.69, 9.17) is 10.00 Å². The SMILES string of the molecule is Cc1c(C)c(=O)n(CCOc2ccc(C#N)cc2)[nH]c1=O. The minimum absolute atomic E-state index is 0.226. The highest BCUT2D eigenvalue weighted by Crippen LogP contribution is 2.11. The number of benzene rings is 1. The maximum absolute atomic E-state index is 12.0. The third-order valence-electron chi connectivity index (χ3n) is 3.27. The van der Waals surface area contributed by atoms with Crippen molar-refractivity contribution in [2.75, 3.05) is 6.61 Å². The van der Waals surface area contributed by atoms with Crippen molar-refractivity contribution >= 4 is 0 Å². The van der Waals surface area contributed by atoms with Gasteiger partial charge in [0.2, 0.25) is 0 Å². The van der Waals surface area contributed by atoms with Crippen molar-refractivity contribution in [2.45, 2.75) is 20.4 Å². The molecule has 0 aliphatic rings. The molecule has 1 N–H and O–H groups in total. The van der Waals surface area contributed by atoms with Gasteiger partial charge in [0.25, 0.3) is 11.1 Å². The van der Waals surface area contributed by atoms with Crippen molar-refractivity contribution < 1.29 is 4.74 Å². The van der Waals surface area contributed by atoms with E-state index in [2.05, 4.69) is 5.10 Å². The molecule has 0 atom stereocenters. The number of nitriles is 1. The molecule has 0 amide bonds. The van der Waals surface area contributed by atoms with Crippen LogP contribution < -0.4 is 15.9 Å². The molecule has 2 rings (SSSR count). The van der Waals surface area contributed by atoms with Gasteiger partial charge in [-0.15, -0.1) is 0 Å². The Labute approximate surface area is 121 Å². The molecule has 0 aliphatic heterocycles. The molecule has 6 nitrogen and oxygen atoms in total. The summed E-state index contributed by atoms with van der Waals surface area (Å²) in [5.74, 6) is 0.605. The fourth-order valence-corrected chi connectivity index (χ4v) is 1.83. The zero-order valence-corrected chi connectivity index (χ0v) is 11.8. The van der Waals surface area contributed by atoms with Gasteiger partial charge in [0.15, 0.2) is 0 Å². The summed E-state index contributed by atoms with van der Waals surface area (Å²) in [5.41, 5.74) is 0.930. The number of aromatic amines is 1. The summed E-state index contributed by atoms with van der Waals surface area (Å²) in [7, 11) is 0. The van der Waals surface area contributed by atoms with Crippen molar-refractivity contribution in [3.63, 3.8) is 0 Å². The fourth-order valence-electron chi connectivity index (χ4n) is 1.83. The quantitative estimate of drug-likeness (QED) is 0.911. The Kier molecular flexibility index (Phi) is 4.24. The van der Waals surface area contributed by atoms with Gasteiger partial charge in [-0.25, -0.2) is 4.68 Å². The first-order chi connectivity index (χ1) is 10.0. The van der Waals surface area contributed by atoms with Gasteiger partial charge < -0.3 is 4.74 Å². The van der Waals surface area contributed by atoms with Crippen LogP contribution in [0.3, 0.4) is 0 Å². The molecule has 1 aromatic carbocycles. The molecule has 0 fully saturated rings. The van der Waals surface area contributed by atoms with Crippen LogP contribution in [0.1, 0.15) is 16.7 Å². The Morgan fingerprint density at radius 2 is 1.86 bits per heavy atom. The molecule has 0 saturated heterocycles. The molecule has 1 heterocycles. The molecule has 6 heteroatoms. The Morgan fingerprint density at radius 1 is 1.19 bits per heavy atom. The van der Waals surface area contributed by atoms with E-state index >= 15 is 0 Å². The largest absolute Gasteiger partial charge is 0.492 e.